The Hall–Kier alpha value is -0.820. The first kappa shape index (κ1) is 20.2. The molecule has 1 aliphatic carbocycles. The second-order valence-electron chi connectivity index (χ2n) is 7.09. The molecule has 2 N–H and O–H groups in total. The molecule has 0 saturated heterocycles. The van der Waals surface area contributed by atoms with Crippen LogP contribution in [0.15, 0.2) is 4.99 Å². The second-order valence-corrected chi connectivity index (χ2v) is 9.35. The molecule has 0 aromatic rings. The van der Waals surface area contributed by atoms with Crippen LogP contribution in [0.2, 0.25) is 0 Å². The molecule has 0 aromatic carbocycles. The van der Waals surface area contributed by atoms with Crippen molar-refractivity contribution in [1.82, 2.24) is 10.6 Å². The van der Waals surface area contributed by atoms with Gasteiger partial charge in [0.25, 0.3) is 0 Å². The fourth-order valence-electron chi connectivity index (χ4n) is 2.59. The Kier molecular flexibility index (Phi) is 8.33. The molecule has 1 rings (SSSR count). The van der Waals surface area contributed by atoms with Gasteiger partial charge >= 0.3 is 0 Å². The molecular weight excluding hydrogens is 314 g/mol. The zero-order valence-electron chi connectivity index (χ0n) is 15.0. The van der Waals surface area contributed by atoms with Crippen molar-refractivity contribution < 1.29 is 13.2 Å². The monoisotopic (exact) mass is 347 g/mol. The molecule has 0 bridgehead atoms. The zero-order chi connectivity index (χ0) is 17.3. The fraction of sp³-hybridized carbons (Fsp3) is 0.938. The van der Waals surface area contributed by atoms with Crippen molar-refractivity contribution in [2.75, 3.05) is 38.3 Å². The average molecular weight is 348 g/mol. The SMILES string of the molecule is CCNC(=NCCOCCS(C)(=O)=O)NC1CCC(C)(C)CC1. The summed E-state index contributed by atoms with van der Waals surface area (Å²) in [6.45, 7) is 8.71. The van der Waals surface area contributed by atoms with Gasteiger partial charge in [0.1, 0.15) is 9.84 Å². The fourth-order valence-corrected chi connectivity index (χ4v) is 3.01. The number of rotatable bonds is 8. The first-order chi connectivity index (χ1) is 10.7. The molecule has 6 nitrogen and oxygen atoms in total. The van der Waals surface area contributed by atoms with E-state index in [2.05, 4.69) is 29.5 Å². The van der Waals surface area contributed by atoms with E-state index in [-0.39, 0.29) is 12.4 Å². The van der Waals surface area contributed by atoms with E-state index in [0.29, 0.717) is 24.6 Å². The van der Waals surface area contributed by atoms with Crippen molar-refractivity contribution >= 4 is 15.8 Å². The summed E-state index contributed by atoms with van der Waals surface area (Å²) in [5, 5.41) is 6.75. The van der Waals surface area contributed by atoms with Gasteiger partial charge < -0.3 is 15.4 Å². The number of nitrogens with zero attached hydrogens (tertiary/aromatic N) is 1. The molecule has 0 aliphatic heterocycles. The van der Waals surface area contributed by atoms with Crippen molar-refractivity contribution in [2.24, 2.45) is 10.4 Å². The minimum absolute atomic E-state index is 0.0624. The van der Waals surface area contributed by atoms with Crippen LogP contribution in [0.3, 0.4) is 0 Å². The molecule has 0 unspecified atom stereocenters. The number of ether oxygens (including phenoxy) is 1. The van der Waals surface area contributed by atoms with Crippen LogP contribution in [0.1, 0.15) is 46.5 Å². The summed E-state index contributed by atoms with van der Waals surface area (Å²) >= 11 is 0. The predicted octanol–water partition coefficient (Wildman–Crippen LogP) is 1.57. The lowest BCUT2D eigenvalue weighted by Gasteiger charge is -2.35. The average Bonchev–Trinajstić information content (AvgIpc) is 2.44. The third-order valence-corrected chi connectivity index (χ3v) is 5.04. The normalized spacial score (nSPS) is 19.6. The van der Waals surface area contributed by atoms with Crippen molar-refractivity contribution in [3.63, 3.8) is 0 Å². The number of nitrogens with one attached hydrogen (secondary N) is 2. The van der Waals surface area contributed by atoms with Gasteiger partial charge in [-0.2, -0.15) is 0 Å². The van der Waals surface area contributed by atoms with E-state index >= 15 is 0 Å². The maximum Gasteiger partial charge on any atom is 0.191 e. The van der Waals surface area contributed by atoms with Crippen LogP contribution in [0.5, 0.6) is 0 Å². The molecule has 0 radical (unpaired) electrons. The summed E-state index contributed by atoms with van der Waals surface area (Å²) in [5.41, 5.74) is 0.459. The largest absolute Gasteiger partial charge is 0.378 e. The third kappa shape index (κ3) is 9.81. The minimum atomic E-state index is -2.95. The lowest BCUT2D eigenvalue weighted by atomic mass is 9.75. The van der Waals surface area contributed by atoms with E-state index in [0.717, 1.165) is 12.5 Å². The van der Waals surface area contributed by atoms with Crippen LogP contribution in [0, 0.1) is 5.41 Å². The Bertz CT molecular complexity index is 465. The van der Waals surface area contributed by atoms with E-state index in [1.807, 2.05) is 6.92 Å². The molecule has 7 heteroatoms. The Balaban J connectivity index is 2.30. The van der Waals surface area contributed by atoms with Crippen molar-refractivity contribution in [1.29, 1.82) is 0 Å². The van der Waals surface area contributed by atoms with Crippen LogP contribution in [0.4, 0.5) is 0 Å². The summed E-state index contributed by atoms with van der Waals surface area (Å²) in [6.07, 6.45) is 6.02. The predicted molar refractivity (Wildman–Crippen MR) is 95.7 cm³/mol. The summed E-state index contributed by atoms with van der Waals surface area (Å²) in [6, 6.07) is 0.479. The lowest BCUT2D eigenvalue weighted by Crippen LogP contribution is -2.45. The standard InChI is InChI=1S/C16H33N3O3S/c1-5-17-15(18-10-11-22-12-13-23(4,20)21)19-14-6-8-16(2,3)9-7-14/h14H,5-13H2,1-4H3,(H2,17,18,19). The first-order valence-corrected chi connectivity index (χ1v) is 10.6. The van der Waals surface area contributed by atoms with E-state index in [4.69, 9.17) is 4.74 Å². The van der Waals surface area contributed by atoms with E-state index < -0.39 is 9.84 Å². The maximum absolute atomic E-state index is 11.0. The Morgan fingerprint density at radius 3 is 2.48 bits per heavy atom. The second kappa shape index (κ2) is 9.47. The highest BCUT2D eigenvalue weighted by Gasteiger charge is 2.27. The molecule has 136 valence electrons. The van der Waals surface area contributed by atoms with Gasteiger partial charge in [0, 0.05) is 18.8 Å². The van der Waals surface area contributed by atoms with E-state index in [9.17, 15) is 8.42 Å². The molecule has 0 spiro atoms. The number of sulfone groups is 1. The van der Waals surface area contributed by atoms with Gasteiger partial charge in [-0.3, -0.25) is 4.99 Å². The van der Waals surface area contributed by atoms with E-state index in [1.165, 1.54) is 31.9 Å². The highest BCUT2D eigenvalue weighted by Crippen LogP contribution is 2.34. The Morgan fingerprint density at radius 2 is 1.91 bits per heavy atom. The van der Waals surface area contributed by atoms with Crippen molar-refractivity contribution in [3.8, 4) is 0 Å². The van der Waals surface area contributed by atoms with Gasteiger partial charge in [-0.15, -0.1) is 0 Å². The topological polar surface area (TPSA) is 79.8 Å². The minimum Gasteiger partial charge on any atom is -0.378 e. The highest BCUT2D eigenvalue weighted by molar-refractivity contribution is 7.90. The van der Waals surface area contributed by atoms with Crippen LogP contribution in [0.25, 0.3) is 0 Å². The quantitative estimate of drug-likeness (QED) is 0.396. The van der Waals surface area contributed by atoms with Gasteiger partial charge in [-0.25, -0.2) is 8.42 Å². The van der Waals surface area contributed by atoms with E-state index in [1.54, 1.807) is 0 Å². The number of hydrogen-bond donors (Lipinski definition) is 2. The molecule has 0 aromatic heterocycles. The zero-order valence-corrected chi connectivity index (χ0v) is 15.8. The lowest BCUT2D eigenvalue weighted by molar-refractivity contribution is 0.157. The summed E-state index contributed by atoms with van der Waals surface area (Å²) in [7, 11) is -2.95. The smallest absolute Gasteiger partial charge is 0.191 e. The number of aliphatic imine (C=N–C) groups is 1. The molecule has 1 aliphatic rings. The molecular formula is C16H33N3O3S. The van der Waals surface area contributed by atoms with Gasteiger partial charge in [0.05, 0.1) is 25.5 Å². The van der Waals surface area contributed by atoms with Gasteiger partial charge in [0.15, 0.2) is 5.96 Å². The molecule has 0 amide bonds. The highest BCUT2D eigenvalue weighted by atomic mass is 32.2. The molecule has 1 saturated carbocycles. The maximum atomic E-state index is 11.0. The molecule has 1 fully saturated rings. The Morgan fingerprint density at radius 1 is 1.26 bits per heavy atom. The number of guanidine groups is 1. The van der Waals surface area contributed by atoms with Crippen LogP contribution < -0.4 is 10.6 Å². The van der Waals surface area contributed by atoms with Crippen LogP contribution in [-0.2, 0) is 14.6 Å². The molecule has 0 heterocycles. The van der Waals surface area contributed by atoms with Crippen LogP contribution in [-0.4, -0.2) is 58.7 Å². The Labute approximate surface area is 141 Å². The van der Waals surface area contributed by atoms with Crippen molar-refractivity contribution in [2.45, 2.75) is 52.5 Å². The number of hydrogen-bond acceptors (Lipinski definition) is 4. The summed E-state index contributed by atoms with van der Waals surface area (Å²) in [5.74, 6) is 0.885. The molecule has 23 heavy (non-hydrogen) atoms. The summed E-state index contributed by atoms with van der Waals surface area (Å²) in [4.78, 5) is 4.50. The van der Waals surface area contributed by atoms with Gasteiger partial charge in [-0.1, -0.05) is 13.8 Å². The molecule has 0 atom stereocenters. The van der Waals surface area contributed by atoms with Crippen LogP contribution >= 0.6 is 0 Å². The summed E-state index contributed by atoms with van der Waals surface area (Å²) < 4.78 is 27.3. The van der Waals surface area contributed by atoms with Crippen molar-refractivity contribution in [3.05, 3.63) is 0 Å². The van der Waals surface area contributed by atoms with Gasteiger partial charge in [-0.05, 0) is 38.0 Å². The van der Waals surface area contributed by atoms with Gasteiger partial charge in [0.2, 0.25) is 0 Å². The third-order valence-electron chi connectivity index (χ3n) is 4.13. The first-order valence-electron chi connectivity index (χ1n) is 8.52.